The van der Waals surface area contributed by atoms with E-state index < -0.39 is 20.0 Å². The SMILES string of the molecule is CN(C)S(=O)(=O)c1ccc(S(=O)(=O)NCCc2ccc3c(c2)OCO3)cc1. The quantitative estimate of drug-likeness (QED) is 0.733. The van der Waals surface area contributed by atoms with Crippen molar-refractivity contribution in [1.29, 1.82) is 0 Å². The maximum absolute atomic E-state index is 12.4. The Labute approximate surface area is 158 Å². The van der Waals surface area contributed by atoms with Gasteiger partial charge in [-0.3, -0.25) is 0 Å². The number of hydrogen-bond acceptors (Lipinski definition) is 6. The fourth-order valence-corrected chi connectivity index (χ4v) is 4.44. The molecule has 1 aliphatic heterocycles. The predicted octanol–water partition coefficient (Wildman–Crippen LogP) is 1.19. The van der Waals surface area contributed by atoms with Crippen molar-refractivity contribution >= 4 is 20.0 Å². The van der Waals surface area contributed by atoms with E-state index in [-0.39, 0.29) is 23.1 Å². The Morgan fingerprint density at radius 3 is 2.22 bits per heavy atom. The van der Waals surface area contributed by atoms with E-state index in [2.05, 4.69) is 4.72 Å². The number of benzene rings is 2. The van der Waals surface area contributed by atoms with Crippen molar-refractivity contribution in [3.05, 3.63) is 48.0 Å². The molecule has 0 fully saturated rings. The number of rotatable bonds is 7. The second kappa shape index (κ2) is 7.47. The molecule has 3 rings (SSSR count). The molecule has 0 aromatic heterocycles. The van der Waals surface area contributed by atoms with Gasteiger partial charge < -0.3 is 9.47 Å². The molecule has 0 saturated carbocycles. The largest absolute Gasteiger partial charge is 0.454 e. The highest BCUT2D eigenvalue weighted by Crippen LogP contribution is 2.32. The van der Waals surface area contributed by atoms with Crippen LogP contribution in [0.4, 0.5) is 0 Å². The molecule has 1 aliphatic rings. The van der Waals surface area contributed by atoms with Crippen LogP contribution in [0, 0.1) is 0 Å². The van der Waals surface area contributed by atoms with E-state index in [0.29, 0.717) is 17.9 Å². The molecule has 2 aromatic rings. The summed E-state index contributed by atoms with van der Waals surface area (Å²) >= 11 is 0. The number of nitrogens with zero attached hydrogens (tertiary/aromatic N) is 1. The smallest absolute Gasteiger partial charge is 0.242 e. The molecule has 8 nitrogen and oxygen atoms in total. The van der Waals surface area contributed by atoms with E-state index >= 15 is 0 Å². The van der Waals surface area contributed by atoms with Gasteiger partial charge in [0.15, 0.2) is 11.5 Å². The Balaban J connectivity index is 1.64. The molecule has 2 aromatic carbocycles. The molecule has 0 unspecified atom stereocenters. The van der Waals surface area contributed by atoms with Gasteiger partial charge in [-0.1, -0.05) is 6.07 Å². The Hall–Kier alpha value is -2.14. The molecule has 0 amide bonds. The molecule has 1 N–H and O–H groups in total. The summed E-state index contributed by atoms with van der Waals surface area (Å²) in [4.78, 5) is 0.0395. The zero-order chi connectivity index (χ0) is 19.7. The van der Waals surface area contributed by atoms with Gasteiger partial charge in [0.05, 0.1) is 9.79 Å². The highest BCUT2D eigenvalue weighted by molar-refractivity contribution is 7.89. The lowest BCUT2D eigenvalue weighted by Gasteiger charge is -2.12. The van der Waals surface area contributed by atoms with Crippen molar-refractivity contribution in [2.45, 2.75) is 16.2 Å². The van der Waals surface area contributed by atoms with Gasteiger partial charge in [0.25, 0.3) is 0 Å². The first-order chi connectivity index (χ1) is 12.7. The minimum Gasteiger partial charge on any atom is -0.454 e. The maximum atomic E-state index is 12.4. The summed E-state index contributed by atoms with van der Waals surface area (Å²) in [6, 6.07) is 10.6. The first-order valence-corrected chi connectivity index (χ1v) is 11.0. The number of fused-ring (bicyclic) bond motifs is 1. The minimum absolute atomic E-state index is 0.00546. The minimum atomic E-state index is -3.74. The van der Waals surface area contributed by atoms with Crippen molar-refractivity contribution in [2.75, 3.05) is 27.4 Å². The molecule has 0 atom stereocenters. The molecule has 0 saturated heterocycles. The molecule has 0 aliphatic carbocycles. The van der Waals surface area contributed by atoms with Crippen LogP contribution in [0.1, 0.15) is 5.56 Å². The summed E-state index contributed by atoms with van der Waals surface area (Å²) < 4.78 is 63.0. The third-order valence-electron chi connectivity index (χ3n) is 4.06. The van der Waals surface area contributed by atoms with E-state index in [9.17, 15) is 16.8 Å². The highest BCUT2D eigenvalue weighted by atomic mass is 32.2. The fourth-order valence-electron chi connectivity index (χ4n) is 2.51. The summed E-state index contributed by atoms with van der Waals surface area (Å²) in [6.07, 6.45) is 0.475. The Kier molecular flexibility index (Phi) is 5.43. The average Bonchev–Trinajstić information content (AvgIpc) is 3.09. The van der Waals surface area contributed by atoms with Gasteiger partial charge in [-0.2, -0.15) is 0 Å². The summed E-state index contributed by atoms with van der Waals surface area (Å²) in [7, 11) is -4.51. The number of hydrogen-bond donors (Lipinski definition) is 1. The van der Waals surface area contributed by atoms with Gasteiger partial charge in [-0.25, -0.2) is 25.9 Å². The van der Waals surface area contributed by atoms with Crippen LogP contribution in [0.25, 0.3) is 0 Å². The van der Waals surface area contributed by atoms with Crippen molar-refractivity contribution < 1.29 is 26.3 Å². The van der Waals surface area contributed by atoms with Crippen molar-refractivity contribution in [2.24, 2.45) is 0 Å². The monoisotopic (exact) mass is 412 g/mol. The van der Waals surface area contributed by atoms with E-state index in [0.717, 1.165) is 9.87 Å². The lowest BCUT2D eigenvalue weighted by Crippen LogP contribution is -2.26. The Morgan fingerprint density at radius 1 is 0.926 bits per heavy atom. The van der Waals surface area contributed by atoms with Crippen LogP contribution in [0.5, 0.6) is 11.5 Å². The second-order valence-electron chi connectivity index (χ2n) is 6.09. The van der Waals surface area contributed by atoms with Gasteiger partial charge >= 0.3 is 0 Å². The fraction of sp³-hybridized carbons (Fsp3) is 0.294. The summed E-state index contributed by atoms with van der Waals surface area (Å²) in [5.41, 5.74) is 0.911. The maximum Gasteiger partial charge on any atom is 0.242 e. The average molecular weight is 412 g/mol. The van der Waals surface area contributed by atoms with Crippen LogP contribution in [0.2, 0.25) is 0 Å². The van der Waals surface area contributed by atoms with Crippen LogP contribution >= 0.6 is 0 Å². The van der Waals surface area contributed by atoms with Crippen LogP contribution in [-0.4, -0.2) is 48.6 Å². The number of nitrogens with one attached hydrogen (secondary N) is 1. The van der Waals surface area contributed by atoms with E-state index in [1.165, 1.54) is 38.4 Å². The molecule has 1 heterocycles. The molecule has 146 valence electrons. The van der Waals surface area contributed by atoms with Gasteiger partial charge in [0.1, 0.15) is 0 Å². The van der Waals surface area contributed by atoms with E-state index in [4.69, 9.17) is 9.47 Å². The first kappa shape index (κ1) is 19.6. The molecule has 27 heavy (non-hydrogen) atoms. The molecular formula is C17H20N2O6S2. The second-order valence-corrected chi connectivity index (χ2v) is 10.0. The lowest BCUT2D eigenvalue weighted by atomic mass is 10.1. The van der Waals surface area contributed by atoms with Gasteiger partial charge in [-0.15, -0.1) is 0 Å². The van der Waals surface area contributed by atoms with Gasteiger partial charge in [0.2, 0.25) is 26.8 Å². The molecule has 10 heteroatoms. The van der Waals surface area contributed by atoms with Gasteiger partial charge in [0, 0.05) is 20.6 Å². The first-order valence-electron chi connectivity index (χ1n) is 8.11. The van der Waals surface area contributed by atoms with E-state index in [1.54, 1.807) is 6.07 Å². The van der Waals surface area contributed by atoms with Gasteiger partial charge in [-0.05, 0) is 48.4 Å². The molecule has 0 bridgehead atoms. The normalized spacial score (nSPS) is 13.9. The molecule has 0 radical (unpaired) electrons. The van der Waals surface area contributed by atoms with Crippen LogP contribution < -0.4 is 14.2 Å². The Morgan fingerprint density at radius 2 is 1.56 bits per heavy atom. The predicted molar refractivity (Wildman–Crippen MR) is 98.8 cm³/mol. The number of ether oxygens (including phenoxy) is 2. The van der Waals surface area contributed by atoms with Crippen LogP contribution in [0.3, 0.4) is 0 Å². The molecule has 0 spiro atoms. The summed E-state index contributed by atoms with van der Waals surface area (Å²) in [6.45, 7) is 0.380. The Bertz CT molecular complexity index is 1030. The zero-order valence-corrected chi connectivity index (χ0v) is 16.5. The van der Waals surface area contributed by atoms with Crippen molar-refractivity contribution in [3.63, 3.8) is 0 Å². The molecular weight excluding hydrogens is 392 g/mol. The van der Waals surface area contributed by atoms with Crippen molar-refractivity contribution in [1.82, 2.24) is 9.03 Å². The van der Waals surface area contributed by atoms with Crippen LogP contribution in [0.15, 0.2) is 52.3 Å². The standard InChI is InChI=1S/C17H20N2O6S2/c1-19(2)27(22,23)15-6-4-14(5-7-15)26(20,21)18-10-9-13-3-8-16-17(11-13)25-12-24-16/h3-8,11,18H,9-10,12H2,1-2H3. The third-order valence-corrected chi connectivity index (χ3v) is 7.36. The third kappa shape index (κ3) is 4.24. The summed E-state index contributed by atoms with van der Waals surface area (Å²) in [5, 5.41) is 0. The highest BCUT2D eigenvalue weighted by Gasteiger charge is 2.19. The summed E-state index contributed by atoms with van der Waals surface area (Å²) in [5.74, 6) is 1.32. The lowest BCUT2D eigenvalue weighted by molar-refractivity contribution is 0.174. The topological polar surface area (TPSA) is 102 Å². The van der Waals surface area contributed by atoms with Crippen molar-refractivity contribution in [3.8, 4) is 11.5 Å². The van der Waals surface area contributed by atoms with E-state index in [1.807, 2.05) is 12.1 Å². The van der Waals surface area contributed by atoms with Crippen LogP contribution in [-0.2, 0) is 26.5 Å². The number of sulfonamides is 2. The zero-order valence-electron chi connectivity index (χ0n) is 14.9.